The Balaban J connectivity index is 1.35. The molecular formula is C25H34N2O3. The number of carbonyl (C=O) groups is 1. The summed E-state index contributed by atoms with van der Waals surface area (Å²) in [6, 6.07) is 8.08. The van der Waals surface area contributed by atoms with Gasteiger partial charge in [0.2, 0.25) is 0 Å². The molecule has 1 saturated carbocycles. The molecule has 0 radical (unpaired) electrons. The molecule has 1 aliphatic carbocycles. The molecule has 2 fully saturated rings. The lowest BCUT2D eigenvalue weighted by Gasteiger charge is -2.37. The van der Waals surface area contributed by atoms with Crippen molar-refractivity contribution in [2.75, 3.05) is 26.7 Å². The van der Waals surface area contributed by atoms with Gasteiger partial charge >= 0.3 is 5.97 Å². The maximum Gasteiger partial charge on any atom is 0.308 e. The molecule has 1 saturated heterocycles. The van der Waals surface area contributed by atoms with Crippen LogP contribution in [0.5, 0.6) is 5.75 Å². The first-order chi connectivity index (χ1) is 14.6. The minimum absolute atomic E-state index is 0.227. The smallest absolute Gasteiger partial charge is 0.308 e. The van der Waals surface area contributed by atoms with Gasteiger partial charge in [0.15, 0.2) is 0 Å². The molecule has 5 nitrogen and oxygen atoms in total. The number of carboxylic acids is 1. The lowest BCUT2D eigenvalue weighted by molar-refractivity contribution is -0.146. The third kappa shape index (κ3) is 4.94. The zero-order valence-corrected chi connectivity index (χ0v) is 18.1. The SMILES string of the molecule is COc1ccc2nccc(CCC[C@@H]3CCN(CC4CCCC4)C[C@@H]3C(=O)O)c2c1. The molecule has 0 bridgehead atoms. The third-order valence-electron chi connectivity index (χ3n) is 7.21. The monoisotopic (exact) mass is 410 g/mol. The van der Waals surface area contributed by atoms with Gasteiger partial charge in [0.1, 0.15) is 5.75 Å². The first-order valence-electron chi connectivity index (χ1n) is 11.5. The van der Waals surface area contributed by atoms with Gasteiger partial charge in [-0.2, -0.15) is 0 Å². The number of aromatic nitrogens is 1. The zero-order valence-electron chi connectivity index (χ0n) is 18.1. The molecule has 0 unspecified atom stereocenters. The van der Waals surface area contributed by atoms with Crippen LogP contribution in [0.3, 0.4) is 0 Å². The molecule has 5 heteroatoms. The fourth-order valence-corrected chi connectivity index (χ4v) is 5.50. The van der Waals surface area contributed by atoms with E-state index in [1.165, 1.54) is 31.2 Å². The molecule has 30 heavy (non-hydrogen) atoms. The van der Waals surface area contributed by atoms with E-state index in [9.17, 15) is 9.90 Å². The summed E-state index contributed by atoms with van der Waals surface area (Å²) in [6.45, 7) is 2.88. The third-order valence-corrected chi connectivity index (χ3v) is 7.21. The summed E-state index contributed by atoms with van der Waals surface area (Å²) in [7, 11) is 1.68. The largest absolute Gasteiger partial charge is 0.497 e. The second-order valence-corrected chi connectivity index (χ2v) is 9.15. The molecular weight excluding hydrogens is 376 g/mol. The van der Waals surface area contributed by atoms with E-state index in [1.807, 2.05) is 18.3 Å². The van der Waals surface area contributed by atoms with Crippen molar-refractivity contribution in [2.24, 2.45) is 17.8 Å². The second-order valence-electron chi connectivity index (χ2n) is 9.15. The zero-order chi connectivity index (χ0) is 20.9. The normalized spacial score (nSPS) is 23.1. The highest BCUT2D eigenvalue weighted by atomic mass is 16.5. The number of fused-ring (bicyclic) bond motifs is 1. The quantitative estimate of drug-likeness (QED) is 0.679. The van der Waals surface area contributed by atoms with Crippen LogP contribution < -0.4 is 4.74 Å². The number of nitrogens with zero attached hydrogens (tertiary/aromatic N) is 2. The molecule has 1 aromatic carbocycles. The summed E-state index contributed by atoms with van der Waals surface area (Å²) < 4.78 is 5.38. The van der Waals surface area contributed by atoms with Gasteiger partial charge < -0.3 is 14.7 Å². The second kappa shape index (κ2) is 9.78. The number of hydrogen-bond acceptors (Lipinski definition) is 4. The Morgan fingerprint density at radius 2 is 2.07 bits per heavy atom. The predicted octanol–water partition coefficient (Wildman–Crippen LogP) is 4.78. The topological polar surface area (TPSA) is 62.7 Å². The van der Waals surface area contributed by atoms with Crippen LogP contribution in [0.2, 0.25) is 0 Å². The van der Waals surface area contributed by atoms with Crippen LogP contribution in [0, 0.1) is 17.8 Å². The number of piperidine rings is 1. The highest BCUT2D eigenvalue weighted by Gasteiger charge is 2.34. The van der Waals surface area contributed by atoms with E-state index in [0.717, 1.165) is 67.9 Å². The van der Waals surface area contributed by atoms with Gasteiger partial charge in [-0.1, -0.05) is 12.8 Å². The summed E-state index contributed by atoms with van der Waals surface area (Å²) >= 11 is 0. The van der Waals surface area contributed by atoms with Crippen LogP contribution in [-0.4, -0.2) is 47.7 Å². The minimum Gasteiger partial charge on any atom is -0.497 e. The van der Waals surface area contributed by atoms with Crippen molar-refractivity contribution >= 4 is 16.9 Å². The fourth-order valence-electron chi connectivity index (χ4n) is 5.50. The van der Waals surface area contributed by atoms with Gasteiger partial charge in [0.25, 0.3) is 0 Å². The first-order valence-corrected chi connectivity index (χ1v) is 11.5. The van der Waals surface area contributed by atoms with Gasteiger partial charge in [-0.05, 0) is 86.7 Å². The maximum atomic E-state index is 12.0. The van der Waals surface area contributed by atoms with E-state index in [1.54, 1.807) is 7.11 Å². The molecule has 2 heterocycles. The predicted molar refractivity (Wildman–Crippen MR) is 119 cm³/mol. The Morgan fingerprint density at radius 3 is 2.83 bits per heavy atom. The number of pyridine rings is 1. The lowest BCUT2D eigenvalue weighted by Crippen LogP contribution is -2.45. The lowest BCUT2D eigenvalue weighted by atomic mass is 9.81. The molecule has 0 amide bonds. The average molecular weight is 411 g/mol. The Labute approximate surface area is 179 Å². The van der Waals surface area contributed by atoms with Crippen LogP contribution >= 0.6 is 0 Å². The van der Waals surface area contributed by atoms with Crippen LogP contribution in [0.1, 0.15) is 50.5 Å². The van der Waals surface area contributed by atoms with E-state index < -0.39 is 5.97 Å². The van der Waals surface area contributed by atoms with E-state index in [0.29, 0.717) is 0 Å². The van der Waals surface area contributed by atoms with Crippen molar-refractivity contribution in [3.63, 3.8) is 0 Å². The summed E-state index contributed by atoms with van der Waals surface area (Å²) in [5.41, 5.74) is 2.25. The molecule has 1 aromatic heterocycles. The summed E-state index contributed by atoms with van der Waals surface area (Å²) in [6.07, 6.45) is 11.1. The van der Waals surface area contributed by atoms with E-state index in [4.69, 9.17) is 4.74 Å². The van der Waals surface area contributed by atoms with Crippen LogP contribution in [0.4, 0.5) is 0 Å². The van der Waals surface area contributed by atoms with E-state index in [-0.39, 0.29) is 11.8 Å². The van der Waals surface area contributed by atoms with Crippen LogP contribution in [0.25, 0.3) is 10.9 Å². The number of rotatable bonds is 8. The summed E-state index contributed by atoms with van der Waals surface area (Å²) in [5, 5.41) is 11.0. The van der Waals surface area contributed by atoms with E-state index >= 15 is 0 Å². The van der Waals surface area contributed by atoms with Crippen molar-refractivity contribution in [1.82, 2.24) is 9.88 Å². The Kier molecular flexibility index (Phi) is 6.88. The Bertz CT molecular complexity index is 863. The number of aryl methyl sites for hydroxylation is 1. The number of hydrogen-bond donors (Lipinski definition) is 1. The molecule has 2 aliphatic rings. The average Bonchev–Trinajstić information content (AvgIpc) is 3.27. The van der Waals surface area contributed by atoms with Gasteiger partial charge in [0, 0.05) is 24.7 Å². The minimum atomic E-state index is -0.616. The van der Waals surface area contributed by atoms with Gasteiger partial charge in [-0.3, -0.25) is 9.78 Å². The number of benzene rings is 1. The molecule has 2 atom stereocenters. The number of aliphatic carboxylic acids is 1. The van der Waals surface area contributed by atoms with Crippen LogP contribution in [-0.2, 0) is 11.2 Å². The Morgan fingerprint density at radius 1 is 1.23 bits per heavy atom. The molecule has 0 spiro atoms. The van der Waals surface area contributed by atoms with Crippen molar-refractivity contribution in [3.05, 3.63) is 36.0 Å². The standard InChI is InChI=1S/C25H34N2O3/c1-30-21-9-10-24-22(15-21)19(11-13-26-24)7-4-8-20-12-14-27(17-23(20)25(28)29)16-18-5-2-3-6-18/h9-11,13,15,18,20,23H,2-8,12,14,16-17H2,1H3,(H,28,29)/t20-,23+/m1/s1. The van der Waals surface area contributed by atoms with Crippen molar-refractivity contribution in [2.45, 2.75) is 51.4 Å². The number of methoxy groups -OCH3 is 1. The summed E-state index contributed by atoms with van der Waals surface area (Å²) in [5.74, 6) is 1.07. The first kappa shape index (κ1) is 21.1. The fraction of sp³-hybridized carbons (Fsp3) is 0.600. The number of carboxylic acid groups (broad SMARTS) is 1. The van der Waals surface area contributed by atoms with Crippen molar-refractivity contribution in [1.29, 1.82) is 0 Å². The number of ether oxygens (including phenoxy) is 1. The molecule has 4 rings (SSSR count). The summed E-state index contributed by atoms with van der Waals surface area (Å²) in [4.78, 5) is 18.9. The van der Waals surface area contributed by atoms with Crippen molar-refractivity contribution < 1.29 is 14.6 Å². The highest BCUT2D eigenvalue weighted by molar-refractivity contribution is 5.83. The van der Waals surface area contributed by atoms with Crippen molar-refractivity contribution in [3.8, 4) is 5.75 Å². The Hall–Kier alpha value is -2.14. The van der Waals surface area contributed by atoms with Gasteiger partial charge in [0.05, 0.1) is 18.5 Å². The molecule has 1 N–H and O–H groups in total. The van der Waals surface area contributed by atoms with Gasteiger partial charge in [-0.25, -0.2) is 0 Å². The van der Waals surface area contributed by atoms with E-state index in [2.05, 4.69) is 22.0 Å². The highest BCUT2D eigenvalue weighted by Crippen LogP contribution is 2.32. The van der Waals surface area contributed by atoms with Gasteiger partial charge in [-0.15, -0.1) is 0 Å². The van der Waals surface area contributed by atoms with Crippen LogP contribution in [0.15, 0.2) is 30.5 Å². The molecule has 1 aliphatic heterocycles. The molecule has 162 valence electrons. The number of likely N-dealkylation sites (tertiary alicyclic amines) is 1. The maximum absolute atomic E-state index is 12.0. The molecule has 2 aromatic rings.